The Balaban J connectivity index is 2.08. The van der Waals surface area contributed by atoms with Gasteiger partial charge in [-0.15, -0.1) is 0 Å². The maximum absolute atomic E-state index is 11.1. The Morgan fingerprint density at radius 2 is 2.36 bits per heavy atom. The molecule has 1 atom stereocenters. The molecule has 1 aliphatic heterocycles. The van der Waals surface area contributed by atoms with Crippen LogP contribution in [-0.2, 0) is 16.0 Å². The first kappa shape index (κ1) is 9.21. The molecule has 1 aliphatic rings. The highest BCUT2D eigenvalue weighted by atomic mass is 35.5. The van der Waals surface area contributed by atoms with Crippen molar-refractivity contribution in [2.24, 2.45) is 4.99 Å². The van der Waals surface area contributed by atoms with Crippen LogP contribution in [0.5, 0.6) is 0 Å². The minimum atomic E-state index is -0.478. The van der Waals surface area contributed by atoms with Crippen LogP contribution in [0.4, 0.5) is 0 Å². The molecule has 0 spiro atoms. The van der Waals surface area contributed by atoms with Gasteiger partial charge in [-0.1, -0.05) is 23.7 Å². The van der Waals surface area contributed by atoms with Gasteiger partial charge < -0.3 is 4.74 Å². The van der Waals surface area contributed by atoms with Crippen molar-refractivity contribution >= 4 is 23.9 Å². The van der Waals surface area contributed by atoms with Crippen LogP contribution in [0.2, 0.25) is 5.02 Å². The van der Waals surface area contributed by atoms with Crippen molar-refractivity contribution in [1.82, 2.24) is 0 Å². The summed E-state index contributed by atoms with van der Waals surface area (Å²) >= 11 is 5.81. The molecule has 1 amide bonds. The van der Waals surface area contributed by atoms with E-state index in [1.54, 1.807) is 6.07 Å². The Labute approximate surface area is 86.4 Å². The molecule has 1 unspecified atom stereocenters. The van der Waals surface area contributed by atoms with Crippen LogP contribution >= 0.6 is 11.6 Å². The average molecular weight is 210 g/mol. The lowest BCUT2D eigenvalue weighted by Crippen LogP contribution is -2.19. The van der Waals surface area contributed by atoms with E-state index in [1.165, 1.54) is 6.40 Å². The lowest BCUT2D eigenvalue weighted by Gasteiger charge is -2.06. The summed E-state index contributed by atoms with van der Waals surface area (Å²) in [7, 11) is 0. The zero-order valence-corrected chi connectivity index (χ0v) is 8.07. The standard InChI is InChI=1S/C10H8ClNO2/c11-8-3-1-2-7(4-8)5-9-10(13)12-6-14-9/h1-4,6,9H,5H2. The van der Waals surface area contributed by atoms with E-state index < -0.39 is 6.10 Å². The van der Waals surface area contributed by atoms with Crippen molar-refractivity contribution in [3.8, 4) is 0 Å². The van der Waals surface area contributed by atoms with Gasteiger partial charge in [-0.25, -0.2) is 0 Å². The Kier molecular flexibility index (Phi) is 2.50. The fraction of sp³-hybridized carbons (Fsp3) is 0.200. The molecule has 72 valence electrons. The number of nitrogens with zero attached hydrogens (tertiary/aromatic N) is 1. The molecule has 0 saturated heterocycles. The molecule has 1 aromatic rings. The van der Waals surface area contributed by atoms with Crippen molar-refractivity contribution in [1.29, 1.82) is 0 Å². The normalized spacial score (nSPS) is 19.8. The Bertz CT molecular complexity index is 389. The van der Waals surface area contributed by atoms with Crippen LogP contribution in [-0.4, -0.2) is 18.4 Å². The third kappa shape index (κ3) is 1.93. The molecule has 1 aromatic carbocycles. The van der Waals surface area contributed by atoms with E-state index in [-0.39, 0.29) is 5.91 Å². The fourth-order valence-electron chi connectivity index (χ4n) is 1.31. The number of ether oxygens (including phenoxy) is 1. The second-order valence-corrected chi connectivity index (χ2v) is 3.47. The Hall–Kier alpha value is -1.35. The molecule has 14 heavy (non-hydrogen) atoms. The number of carbonyl (C=O) groups excluding carboxylic acids is 1. The van der Waals surface area contributed by atoms with Crippen LogP contribution in [0.25, 0.3) is 0 Å². The zero-order chi connectivity index (χ0) is 9.97. The predicted molar refractivity (Wildman–Crippen MR) is 53.5 cm³/mol. The lowest BCUT2D eigenvalue weighted by molar-refractivity contribution is -0.122. The SMILES string of the molecule is O=C1N=COC1Cc1cccc(Cl)c1. The lowest BCUT2D eigenvalue weighted by atomic mass is 10.1. The fourth-order valence-corrected chi connectivity index (χ4v) is 1.52. The van der Waals surface area contributed by atoms with Gasteiger partial charge in [-0.3, -0.25) is 4.79 Å². The molecule has 1 heterocycles. The summed E-state index contributed by atoms with van der Waals surface area (Å²) in [6.07, 6.45) is 1.23. The van der Waals surface area contributed by atoms with E-state index in [0.29, 0.717) is 11.4 Å². The monoisotopic (exact) mass is 209 g/mol. The zero-order valence-electron chi connectivity index (χ0n) is 7.31. The predicted octanol–water partition coefficient (Wildman–Crippen LogP) is 1.84. The van der Waals surface area contributed by atoms with E-state index in [1.807, 2.05) is 18.2 Å². The van der Waals surface area contributed by atoms with E-state index in [2.05, 4.69) is 4.99 Å². The third-order valence-corrected chi connectivity index (χ3v) is 2.23. The Morgan fingerprint density at radius 1 is 1.50 bits per heavy atom. The summed E-state index contributed by atoms with van der Waals surface area (Å²) in [5, 5.41) is 0.661. The molecule has 0 aliphatic carbocycles. The highest BCUT2D eigenvalue weighted by Gasteiger charge is 2.23. The quantitative estimate of drug-likeness (QED) is 0.746. The number of hydrogen-bond donors (Lipinski definition) is 0. The van der Waals surface area contributed by atoms with E-state index in [0.717, 1.165) is 5.56 Å². The number of rotatable bonds is 2. The molecule has 2 rings (SSSR count). The number of carbonyl (C=O) groups is 1. The highest BCUT2D eigenvalue weighted by Crippen LogP contribution is 2.15. The maximum Gasteiger partial charge on any atom is 0.289 e. The molecule has 3 nitrogen and oxygen atoms in total. The van der Waals surface area contributed by atoms with Crippen molar-refractivity contribution in [2.75, 3.05) is 0 Å². The molecule has 0 N–H and O–H groups in total. The van der Waals surface area contributed by atoms with E-state index in [9.17, 15) is 4.79 Å². The van der Waals surface area contributed by atoms with Crippen LogP contribution in [0.15, 0.2) is 29.3 Å². The number of hydrogen-bond acceptors (Lipinski definition) is 2. The summed E-state index contributed by atoms with van der Waals surface area (Å²) < 4.78 is 5.02. The Morgan fingerprint density at radius 3 is 3.00 bits per heavy atom. The number of benzene rings is 1. The molecule has 0 aromatic heterocycles. The summed E-state index contributed by atoms with van der Waals surface area (Å²) in [4.78, 5) is 14.6. The molecule has 0 fully saturated rings. The maximum atomic E-state index is 11.1. The van der Waals surface area contributed by atoms with Gasteiger partial charge >= 0.3 is 0 Å². The molecule has 0 radical (unpaired) electrons. The molecule has 0 bridgehead atoms. The first-order valence-electron chi connectivity index (χ1n) is 4.22. The molecule has 4 heteroatoms. The van der Waals surface area contributed by atoms with Crippen LogP contribution < -0.4 is 0 Å². The number of aliphatic imine (C=N–C) groups is 1. The topological polar surface area (TPSA) is 38.7 Å². The number of halogens is 1. The smallest absolute Gasteiger partial charge is 0.289 e. The first-order valence-corrected chi connectivity index (χ1v) is 4.60. The summed E-state index contributed by atoms with van der Waals surface area (Å²) in [6, 6.07) is 7.36. The van der Waals surface area contributed by atoms with Crippen LogP contribution in [0.3, 0.4) is 0 Å². The average Bonchev–Trinajstić information content (AvgIpc) is 2.52. The molecular weight excluding hydrogens is 202 g/mol. The van der Waals surface area contributed by atoms with Crippen molar-refractivity contribution in [3.05, 3.63) is 34.9 Å². The van der Waals surface area contributed by atoms with Crippen molar-refractivity contribution in [3.63, 3.8) is 0 Å². The van der Waals surface area contributed by atoms with Crippen LogP contribution in [0, 0.1) is 0 Å². The third-order valence-electron chi connectivity index (χ3n) is 1.99. The van der Waals surface area contributed by atoms with E-state index in [4.69, 9.17) is 16.3 Å². The second-order valence-electron chi connectivity index (χ2n) is 3.03. The van der Waals surface area contributed by atoms with Gasteiger partial charge in [0.2, 0.25) is 0 Å². The molecule has 0 saturated carbocycles. The van der Waals surface area contributed by atoms with Crippen molar-refractivity contribution < 1.29 is 9.53 Å². The van der Waals surface area contributed by atoms with Gasteiger partial charge in [-0.05, 0) is 17.7 Å². The molecular formula is C10H8ClNO2. The second kappa shape index (κ2) is 3.80. The summed E-state index contributed by atoms with van der Waals surface area (Å²) in [6.45, 7) is 0. The summed E-state index contributed by atoms with van der Waals surface area (Å²) in [5.74, 6) is -0.232. The van der Waals surface area contributed by atoms with Gasteiger partial charge in [0.25, 0.3) is 5.91 Å². The van der Waals surface area contributed by atoms with Gasteiger partial charge in [0, 0.05) is 11.4 Å². The minimum Gasteiger partial charge on any atom is -0.470 e. The highest BCUT2D eigenvalue weighted by molar-refractivity contribution is 6.30. The van der Waals surface area contributed by atoms with E-state index >= 15 is 0 Å². The van der Waals surface area contributed by atoms with Crippen molar-refractivity contribution in [2.45, 2.75) is 12.5 Å². The van der Waals surface area contributed by atoms with Gasteiger partial charge in [0.15, 0.2) is 12.5 Å². The largest absolute Gasteiger partial charge is 0.470 e. The number of amides is 1. The van der Waals surface area contributed by atoms with Gasteiger partial charge in [0.05, 0.1) is 0 Å². The minimum absolute atomic E-state index is 0.232. The summed E-state index contributed by atoms with van der Waals surface area (Å²) in [5.41, 5.74) is 0.973. The van der Waals surface area contributed by atoms with Gasteiger partial charge in [-0.2, -0.15) is 4.99 Å². The van der Waals surface area contributed by atoms with Crippen LogP contribution in [0.1, 0.15) is 5.56 Å². The first-order chi connectivity index (χ1) is 6.75. The van der Waals surface area contributed by atoms with Gasteiger partial charge in [0.1, 0.15) is 0 Å².